The predicted octanol–water partition coefficient (Wildman–Crippen LogP) is 2.62. The van der Waals surface area contributed by atoms with Gasteiger partial charge in [-0.2, -0.15) is 0 Å². The molecular weight excluding hydrogens is 226 g/mol. The highest BCUT2D eigenvalue weighted by Gasteiger charge is 2.03. The molecular formula is C15H21NO2. The number of amides is 1. The summed E-state index contributed by atoms with van der Waals surface area (Å²) in [6.45, 7) is 4.19. The highest BCUT2D eigenvalue weighted by Crippen LogP contribution is 2.06. The van der Waals surface area contributed by atoms with Gasteiger partial charge in [0.25, 0.3) is 0 Å². The van der Waals surface area contributed by atoms with E-state index in [-0.39, 0.29) is 18.1 Å². The minimum Gasteiger partial charge on any atom is -0.352 e. The summed E-state index contributed by atoms with van der Waals surface area (Å²) in [5, 5.41) is 2.81. The lowest BCUT2D eigenvalue weighted by Gasteiger charge is -2.06. The fourth-order valence-electron chi connectivity index (χ4n) is 1.69. The standard InChI is InChI=1S/C15H21NO2/c1-3-4-13-6-8-14(9-7-13)11-16-15(18)10-5-12(2)17/h6-9H,3-5,10-11H2,1-2H3,(H,16,18). The van der Waals surface area contributed by atoms with E-state index in [1.54, 1.807) is 0 Å². The van der Waals surface area contributed by atoms with Crippen LogP contribution >= 0.6 is 0 Å². The van der Waals surface area contributed by atoms with Crippen molar-refractivity contribution in [2.24, 2.45) is 0 Å². The molecule has 0 spiro atoms. The lowest BCUT2D eigenvalue weighted by molar-refractivity contribution is -0.124. The Morgan fingerprint density at radius 2 is 1.67 bits per heavy atom. The number of benzene rings is 1. The maximum atomic E-state index is 11.4. The van der Waals surface area contributed by atoms with Crippen molar-refractivity contribution in [3.63, 3.8) is 0 Å². The van der Waals surface area contributed by atoms with E-state index in [2.05, 4.69) is 24.4 Å². The molecule has 0 heterocycles. The molecule has 0 saturated carbocycles. The first-order chi connectivity index (χ1) is 8.61. The van der Waals surface area contributed by atoms with Crippen LogP contribution in [-0.4, -0.2) is 11.7 Å². The van der Waals surface area contributed by atoms with Gasteiger partial charge in [0.1, 0.15) is 5.78 Å². The number of ketones is 1. The number of hydrogen-bond acceptors (Lipinski definition) is 2. The smallest absolute Gasteiger partial charge is 0.220 e. The van der Waals surface area contributed by atoms with Gasteiger partial charge in [-0.05, 0) is 24.5 Å². The number of carbonyl (C=O) groups excluding carboxylic acids is 2. The first-order valence-electron chi connectivity index (χ1n) is 6.45. The SMILES string of the molecule is CCCc1ccc(CNC(=O)CCC(C)=O)cc1. The Hall–Kier alpha value is -1.64. The van der Waals surface area contributed by atoms with Crippen LogP contribution in [0, 0.1) is 0 Å². The Bertz CT molecular complexity index is 395. The Labute approximate surface area is 109 Å². The zero-order chi connectivity index (χ0) is 13.4. The molecule has 0 bridgehead atoms. The van der Waals surface area contributed by atoms with E-state index in [1.165, 1.54) is 12.5 Å². The monoisotopic (exact) mass is 247 g/mol. The third kappa shape index (κ3) is 5.62. The van der Waals surface area contributed by atoms with E-state index < -0.39 is 0 Å². The van der Waals surface area contributed by atoms with Crippen LogP contribution in [-0.2, 0) is 22.6 Å². The largest absolute Gasteiger partial charge is 0.352 e. The summed E-state index contributed by atoms with van der Waals surface area (Å²) in [6, 6.07) is 8.27. The van der Waals surface area contributed by atoms with Crippen LogP contribution in [0.3, 0.4) is 0 Å². The minimum atomic E-state index is -0.0668. The lowest BCUT2D eigenvalue weighted by atomic mass is 10.1. The zero-order valence-corrected chi connectivity index (χ0v) is 11.2. The molecule has 3 heteroatoms. The third-order valence-electron chi connectivity index (χ3n) is 2.76. The molecule has 0 aliphatic heterocycles. The molecule has 0 fully saturated rings. The number of aryl methyl sites for hydroxylation is 1. The average Bonchev–Trinajstić information content (AvgIpc) is 2.36. The average molecular weight is 247 g/mol. The second-order valence-electron chi connectivity index (χ2n) is 4.55. The molecule has 0 saturated heterocycles. The number of Topliss-reactive ketones (excluding diaryl/α,β-unsaturated/α-hetero) is 1. The van der Waals surface area contributed by atoms with Crippen molar-refractivity contribution in [2.45, 2.75) is 46.1 Å². The Balaban J connectivity index is 2.34. The maximum absolute atomic E-state index is 11.4. The van der Waals surface area contributed by atoms with E-state index in [4.69, 9.17) is 0 Å². The number of nitrogens with one attached hydrogen (secondary N) is 1. The van der Waals surface area contributed by atoms with Crippen molar-refractivity contribution < 1.29 is 9.59 Å². The maximum Gasteiger partial charge on any atom is 0.220 e. The van der Waals surface area contributed by atoms with Crippen LogP contribution in [0.1, 0.15) is 44.2 Å². The van der Waals surface area contributed by atoms with Gasteiger partial charge in [-0.1, -0.05) is 37.6 Å². The van der Waals surface area contributed by atoms with Crippen LogP contribution in [0.25, 0.3) is 0 Å². The van der Waals surface area contributed by atoms with E-state index in [0.29, 0.717) is 13.0 Å². The first-order valence-corrected chi connectivity index (χ1v) is 6.45. The summed E-state index contributed by atoms with van der Waals surface area (Å²) in [5.41, 5.74) is 2.41. The van der Waals surface area contributed by atoms with Crippen molar-refractivity contribution in [3.05, 3.63) is 35.4 Å². The van der Waals surface area contributed by atoms with Crippen LogP contribution in [0.5, 0.6) is 0 Å². The second kappa shape index (κ2) is 7.64. The van der Waals surface area contributed by atoms with Crippen molar-refractivity contribution in [1.29, 1.82) is 0 Å². The quantitative estimate of drug-likeness (QED) is 0.805. The van der Waals surface area contributed by atoms with Gasteiger partial charge in [0, 0.05) is 19.4 Å². The van der Waals surface area contributed by atoms with Crippen LogP contribution < -0.4 is 5.32 Å². The van der Waals surface area contributed by atoms with E-state index in [0.717, 1.165) is 18.4 Å². The van der Waals surface area contributed by atoms with Crippen molar-refractivity contribution in [1.82, 2.24) is 5.32 Å². The Kier molecular flexibility index (Phi) is 6.12. The minimum absolute atomic E-state index is 0.0501. The van der Waals surface area contributed by atoms with Crippen molar-refractivity contribution in [2.75, 3.05) is 0 Å². The molecule has 18 heavy (non-hydrogen) atoms. The molecule has 1 aromatic rings. The van der Waals surface area contributed by atoms with Gasteiger partial charge >= 0.3 is 0 Å². The highest BCUT2D eigenvalue weighted by molar-refractivity contribution is 5.83. The normalized spacial score (nSPS) is 10.1. The van der Waals surface area contributed by atoms with Gasteiger partial charge in [-0.3, -0.25) is 4.79 Å². The van der Waals surface area contributed by atoms with E-state index in [9.17, 15) is 9.59 Å². The summed E-state index contributed by atoms with van der Waals surface area (Å²) in [7, 11) is 0. The zero-order valence-electron chi connectivity index (χ0n) is 11.2. The molecule has 0 aliphatic carbocycles. The van der Waals surface area contributed by atoms with Gasteiger partial charge < -0.3 is 10.1 Å². The predicted molar refractivity (Wildman–Crippen MR) is 72.2 cm³/mol. The van der Waals surface area contributed by atoms with Gasteiger partial charge in [0.05, 0.1) is 0 Å². The molecule has 0 radical (unpaired) electrons. The summed E-state index contributed by atoms with van der Waals surface area (Å²) in [5.74, 6) is -0.0168. The lowest BCUT2D eigenvalue weighted by Crippen LogP contribution is -2.22. The number of carbonyl (C=O) groups is 2. The fraction of sp³-hybridized carbons (Fsp3) is 0.467. The van der Waals surface area contributed by atoms with Gasteiger partial charge in [0.15, 0.2) is 0 Å². The molecule has 1 rings (SSSR count). The molecule has 1 amide bonds. The molecule has 1 aromatic carbocycles. The summed E-state index contributed by atoms with van der Waals surface area (Å²) in [6.07, 6.45) is 2.83. The Morgan fingerprint density at radius 1 is 1.06 bits per heavy atom. The van der Waals surface area contributed by atoms with Crippen molar-refractivity contribution in [3.8, 4) is 0 Å². The van der Waals surface area contributed by atoms with Crippen molar-refractivity contribution >= 4 is 11.7 Å². The molecule has 0 aromatic heterocycles. The summed E-state index contributed by atoms with van der Waals surface area (Å²) in [4.78, 5) is 22.2. The van der Waals surface area contributed by atoms with Crippen LogP contribution in [0.4, 0.5) is 0 Å². The molecule has 0 unspecified atom stereocenters. The first kappa shape index (κ1) is 14.4. The van der Waals surface area contributed by atoms with Crippen LogP contribution in [0.2, 0.25) is 0 Å². The highest BCUT2D eigenvalue weighted by atomic mass is 16.2. The second-order valence-corrected chi connectivity index (χ2v) is 4.55. The van der Waals surface area contributed by atoms with Gasteiger partial charge in [0.2, 0.25) is 5.91 Å². The summed E-state index contributed by atoms with van der Waals surface area (Å²) < 4.78 is 0. The molecule has 1 N–H and O–H groups in total. The molecule has 0 aliphatic rings. The Morgan fingerprint density at radius 3 is 2.22 bits per heavy atom. The third-order valence-corrected chi connectivity index (χ3v) is 2.76. The molecule has 0 atom stereocenters. The van der Waals surface area contributed by atoms with E-state index in [1.807, 2.05) is 12.1 Å². The van der Waals surface area contributed by atoms with Gasteiger partial charge in [-0.15, -0.1) is 0 Å². The van der Waals surface area contributed by atoms with Gasteiger partial charge in [-0.25, -0.2) is 0 Å². The number of rotatable bonds is 7. The van der Waals surface area contributed by atoms with Crippen LogP contribution in [0.15, 0.2) is 24.3 Å². The summed E-state index contributed by atoms with van der Waals surface area (Å²) >= 11 is 0. The molecule has 98 valence electrons. The molecule has 3 nitrogen and oxygen atoms in total. The topological polar surface area (TPSA) is 46.2 Å². The number of hydrogen-bond donors (Lipinski definition) is 1. The van der Waals surface area contributed by atoms with E-state index >= 15 is 0 Å². The fourth-order valence-corrected chi connectivity index (χ4v) is 1.69.